The normalized spacial score (nSPS) is 16.8. The molecule has 0 spiro atoms. The van der Waals surface area contributed by atoms with Crippen molar-refractivity contribution in [3.8, 4) is 0 Å². The van der Waals surface area contributed by atoms with Crippen molar-refractivity contribution in [2.75, 3.05) is 31.9 Å². The third-order valence-corrected chi connectivity index (χ3v) is 4.66. The third kappa shape index (κ3) is 4.15. The standard InChI is InChI=1S/C12H20N4O2S/c13-12-5-4-11(10-14-12)19(17,18)15-6-3-9-16-7-1-2-8-16/h4-5,10,15H,1-3,6-9H2,(H2,13,14). The van der Waals surface area contributed by atoms with Crippen molar-refractivity contribution in [1.82, 2.24) is 14.6 Å². The zero-order chi connectivity index (χ0) is 13.7. The Labute approximate surface area is 114 Å². The molecule has 1 aliphatic rings. The molecule has 7 heteroatoms. The number of nitrogen functional groups attached to an aromatic ring is 1. The molecule has 2 heterocycles. The minimum absolute atomic E-state index is 0.155. The smallest absolute Gasteiger partial charge is 0.242 e. The Morgan fingerprint density at radius 3 is 2.68 bits per heavy atom. The van der Waals surface area contributed by atoms with E-state index in [0.717, 1.165) is 26.1 Å². The van der Waals surface area contributed by atoms with Gasteiger partial charge in [-0.1, -0.05) is 0 Å². The number of anilines is 1. The molecule has 0 saturated carbocycles. The largest absolute Gasteiger partial charge is 0.384 e. The molecule has 0 unspecified atom stereocenters. The van der Waals surface area contributed by atoms with Crippen LogP contribution < -0.4 is 10.5 Å². The number of rotatable bonds is 6. The second kappa shape index (κ2) is 6.31. The van der Waals surface area contributed by atoms with Gasteiger partial charge in [-0.3, -0.25) is 0 Å². The Bertz CT molecular complexity index is 495. The van der Waals surface area contributed by atoms with Gasteiger partial charge in [0.25, 0.3) is 0 Å². The quantitative estimate of drug-likeness (QED) is 0.740. The first-order valence-electron chi connectivity index (χ1n) is 6.51. The molecule has 0 atom stereocenters. The summed E-state index contributed by atoms with van der Waals surface area (Å²) in [4.78, 5) is 6.30. The van der Waals surface area contributed by atoms with Gasteiger partial charge < -0.3 is 10.6 Å². The second-order valence-corrected chi connectivity index (χ2v) is 6.49. The van der Waals surface area contributed by atoms with E-state index >= 15 is 0 Å². The first kappa shape index (κ1) is 14.2. The Balaban J connectivity index is 1.79. The zero-order valence-corrected chi connectivity index (χ0v) is 11.7. The average Bonchev–Trinajstić information content (AvgIpc) is 2.88. The molecule has 106 valence electrons. The van der Waals surface area contributed by atoms with Crippen molar-refractivity contribution in [2.24, 2.45) is 0 Å². The highest BCUT2D eigenvalue weighted by molar-refractivity contribution is 7.89. The van der Waals surface area contributed by atoms with Crippen molar-refractivity contribution in [2.45, 2.75) is 24.2 Å². The molecule has 19 heavy (non-hydrogen) atoms. The molecule has 6 nitrogen and oxygen atoms in total. The molecule has 1 aliphatic heterocycles. The van der Waals surface area contributed by atoms with Gasteiger partial charge in [0, 0.05) is 12.7 Å². The number of aromatic nitrogens is 1. The van der Waals surface area contributed by atoms with Gasteiger partial charge in [0.1, 0.15) is 10.7 Å². The van der Waals surface area contributed by atoms with E-state index in [4.69, 9.17) is 5.73 Å². The maximum Gasteiger partial charge on any atom is 0.242 e. The summed E-state index contributed by atoms with van der Waals surface area (Å²) in [6.07, 6.45) is 4.60. The summed E-state index contributed by atoms with van der Waals surface area (Å²) in [6, 6.07) is 2.95. The number of likely N-dealkylation sites (tertiary alicyclic amines) is 1. The van der Waals surface area contributed by atoms with Crippen LogP contribution >= 0.6 is 0 Å². The van der Waals surface area contributed by atoms with E-state index in [-0.39, 0.29) is 4.90 Å². The summed E-state index contributed by atoms with van der Waals surface area (Å²) in [6.45, 7) is 3.66. The Hall–Kier alpha value is -1.18. The summed E-state index contributed by atoms with van der Waals surface area (Å²) >= 11 is 0. The number of nitrogens with two attached hydrogens (primary N) is 1. The van der Waals surface area contributed by atoms with Crippen LogP contribution in [0.3, 0.4) is 0 Å². The Morgan fingerprint density at radius 2 is 2.05 bits per heavy atom. The van der Waals surface area contributed by atoms with E-state index in [2.05, 4.69) is 14.6 Å². The molecule has 2 rings (SSSR count). The molecular formula is C12H20N4O2S. The molecule has 1 saturated heterocycles. The minimum atomic E-state index is -3.46. The molecule has 1 fully saturated rings. The van der Waals surface area contributed by atoms with Crippen LogP contribution in [0.5, 0.6) is 0 Å². The lowest BCUT2D eigenvalue weighted by atomic mass is 10.4. The van der Waals surface area contributed by atoms with Gasteiger partial charge in [0.2, 0.25) is 10.0 Å². The van der Waals surface area contributed by atoms with E-state index < -0.39 is 10.0 Å². The Kier molecular flexibility index (Phi) is 4.73. The highest BCUT2D eigenvalue weighted by atomic mass is 32.2. The summed E-state index contributed by atoms with van der Waals surface area (Å²) in [7, 11) is -3.46. The van der Waals surface area contributed by atoms with Crippen molar-refractivity contribution in [3.63, 3.8) is 0 Å². The minimum Gasteiger partial charge on any atom is -0.384 e. The lowest BCUT2D eigenvalue weighted by molar-refractivity contribution is 0.334. The fourth-order valence-corrected chi connectivity index (χ4v) is 3.17. The molecule has 0 bridgehead atoms. The van der Waals surface area contributed by atoms with Gasteiger partial charge >= 0.3 is 0 Å². The first-order valence-corrected chi connectivity index (χ1v) is 8.00. The van der Waals surface area contributed by atoms with Crippen molar-refractivity contribution < 1.29 is 8.42 Å². The average molecular weight is 284 g/mol. The van der Waals surface area contributed by atoms with E-state index in [1.807, 2.05) is 0 Å². The highest BCUT2D eigenvalue weighted by Crippen LogP contribution is 2.09. The van der Waals surface area contributed by atoms with Crippen LogP contribution in [0.1, 0.15) is 19.3 Å². The number of sulfonamides is 1. The van der Waals surface area contributed by atoms with E-state index in [9.17, 15) is 8.42 Å². The second-order valence-electron chi connectivity index (χ2n) is 4.72. The van der Waals surface area contributed by atoms with Crippen LogP contribution in [-0.4, -0.2) is 44.5 Å². The number of pyridine rings is 1. The summed E-state index contributed by atoms with van der Waals surface area (Å²) in [5.74, 6) is 0.313. The maximum atomic E-state index is 11.9. The number of nitrogens with one attached hydrogen (secondary N) is 1. The van der Waals surface area contributed by atoms with E-state index in [1.165, 1.54) is 31.2 Å². The number of nitrogens with zero attached hydrogens (tertiary/aromatic N) is 2. The molecule has 0 amide bonds. The van der Waals surface area contributed by atoms with Crippen LogP contribution in [0.4, 0.5) is 5.82 Å². The van der Waals surface area contributed by atoms with E-state index in [1.54, 1.807) is 0 Å². The highest BCUT2D eigenvalue weighted by Gasteiger charge is 2.14. The van der Waals surface area contributed by atoms with Crippen LogP contribution in [0.15, 0.2) is 23.2 Å². The predicted octanol–water partition coefficient (Wildman–Crippen LogP) is 0.428. The molecule has 0 radical (unpaired) electrons. The zero-order valence-electron chi connectivity index (χ0n) is 10.9. The molecular weight excluding hydrogens is 264 g/mol. The van der Waals surface area contributed by atoms with Gasteiger partial charge in [-0.15, -0.1) is 0 Å². The van der Waals surface area contributed by atoms with Crippen LogP contribution in [-0.2, 0) is 10.0 Å². The lowest BCUT2D eigenvalue weighted by Gasteiger charge is -2.14. The van der Waals surface area contributed by atoms with Crippen molar-refractivity contribution in [3.05, 3.63) is 18.3 Å². The van der Waals surface area contributed by atoms with E-state index in [0.29, 0.717) is 12.4 Å². The monoisotopic (exact) mass is 284 g/mol. The lowest BCUT2D eigenvalue weighted by Crippen LogP contribution is -2.28. The van der Waals surface area contributed by atoms with Crippen LogP contribution in [0, 0.1) is 0 Å². The molecule has 0 aromatic carbocycles. The van der Waals surface area contributed by atoms with Gasteiger partial charge in [-0.25, -0.2) is 18.1 Å². The molecule has 3 N–H and O–H groups in total. The van der Waals surface area contributed by atoms with Gasteiger partial charge in [-0.05, 0) is 51.0 Å². The molecule has 0 aliphatic carbocycles. The topological polar surface area (TPSA) is 88.3 Å². The predicted molar refractivity (Wildman–Crippen MR) is 74.1 cm³/mol. The maximum absolute atomic E-state index is 11.9. The molecule has 1 aromatic heterocycles. The number of hydrogen-bond donors (Lipinski definition) is 2. The van der Waals surface area contributed by atoms with Crippen molar-refractivity contribution in [1.29, 1.82) is 0 Å². The summed E-state index contributed by atoms with van der Waals surface area (Å²) < 4.78 is 26.5. The van der Waals surface area contributed by atoms with Gasteiger partial charge in [0.15, 0.2) is 0 Å². The first-order chi connectivity index (χ1) is 9.08. The SMILES string of the molecule is Nc1ccc(S(=O)(=O)NCCCN2CCCC2)cn1. The summed E-state index contributed by atoms with van der Waals surface area (Å²) in [5, 5.41) is 0. The third-order valence-electron chi connectivity index (χ3n) is 3.21. The molecule has 1 aromatic rings. The summed E-state index contributed by atoms with van der Waals surface area (Å²) in [5.41, 5.74) is 5.43. The number of hydrogen-bond acceptors (Lipinski definition) is 5. The Morgan fingerprint density at radius 1 is 1.32 bits per heavy atom. The van der Waals surface area contributed by atoms with Gasteiger partial charge in [-0.2, -0.15) is 0 Å². The fraction of sp³-hybridized carbons (Fsp3) is 0.583. The van der Waals surface area contributed by atoms with Crippen LogP contribution in [0.2, 0.25) is 0 Å². The fourth-order valence-electron chi connectivity index (χ4n) is 2.15. The van der Waals surface area contributed by atoms with Crippen LogP contribution in [0.25, 0.3) is 0 Å². The van der Waals surface area contributed by atoms with Crippen molar-refractivity contribution >= 4 is 15.8 Å². The van der Waals surface area contributed by atoms with Gasteiger partial charge in [0.05, 0.1) is 0 Å².